The number of pyridine rings is 1. The number of amides is 1. The molecular formula is C29H36FN5O. The van der Waals surface area contributed by atoms with Gasteiger partial charge in [-0.2, -0.15) is 0 Å². The summed E-state index contributed by atoms with van der Waals surface area (Å²) in [4.78, 5) is 22.0. The first-order chi connectivity index (χ1) is 17.6. The lowest BCUT2D eigenvalue weighted by atomic mass is 10.1. The van der Waals surface area contributed by atoms with E-state index in [4.69, 9.17) is 0 Å². The highest BCUT2D eigenvalue weighted by molar-refractivity contribution is 5.82. The molecule has 7 heteroatoms. The normalized spacial score (nSPS) is 17.8. The molecule has 2 heterocycles. The van der Waals surface area contributed by atoms with E-state index >= 15 is 0 Å². The van der Waals surface area contributed by atoms with Gasteiger partial charge in [-0.15, -0.1) is 0 Å². The van der Waals surface area contributed by atoms with Crippen molar-refractivity contribution in [2.45, 2.75) is 52.0 Å². The van der Waals surface area contributed by atoms with Gasteiger partial charge in [0, 0.05) is 63.4 Å². The van der Waals surface area contributed by atoms with Gasteiger partial charge in [-0.05, 0) is 67.3 Å². The number of likely N-dealkylation sites (tertiary alicyclic amines) is 1. The number of anilines is 1. The van der Waals surface area contributed by atoms with Crippen molar-refractivity contribution >= 4 is 11.6 Å². The van der Waals surface area contributed by atoms with E-state index in [-0.39, 0.29) is 23.8 Å². The number of benzene rings is 2. The standard InChI is InChI=1S/C29H36FN5O/c1-3-34(4-2)27-13-9-23(10-14-27)20-35-21-26(32-18-22-7-11-25(30)12-8-22)16-28(35)29(36)33-19-24-6-5-15-31-17-24/h5-15,17,26,28,32H,3-4,16,18-21H2,1-2H3,(H,33,36)/t26-,28-/m0/s1. The topological polar surface area (TPSA) is 60.5 Å². The first kappa shape index (κ1) is 25.8. The Hall–Kier alpha value is -3.29. The number of hydrogen-bond acceptors (Lipinski definition) is 5. The van der Waals surface area contributed by atoms with Gasteiger partial charge in [0.2, 0.25) is 5.91 Å². The van der Waals surface area contributed by atoms with Crippen molar-refractivity contribution in [3.63, 3.8) is 0 Å². The molecule has 1 aliphatic heterocycles. The molecule has 2 aromatic carbocycles. The molecule has 3 aromatic rings. The molecule has 2 N–H and O–H groups in total. The molecular weight excluding hydrogens is 453 g/mol. The molecule has 1 fully saturated rings. The zero-order valence-electron chi connectivity index (χ0n) is 21.2. The minimum absolute atomic E-state index is 0.0321. The van der Waals surface area contributed by atoms with Crippen LogP contribution in [0.4, 0.5) is 10.1 Å². The Morgan fingerprint density at radius 1 is 1.00 bits per heavy atom. The number of aromatic nitrogens is 1. The van der Waals surface area contributed by atoms with Gasteiger partial charge in [0.1, 0.15) is 5.82 Å². The zero-order chi connectivity index (χ0) is 25.3. The summed E-state index contributed by atoms with van der Waals surface area (Å²) < 4.78 is 13.3. The number of hydrogen-bond donors (Lipinski definition) is 2. The van der Waals surface area contributed by atoms with E-state index in [0.717, 1.165) is 37.2 Å². The number of halogens is 1. The van der Waals surface area contributed by atoms with Crippen molar-refractivity contribution in [3.8, 4) is 0 Å². The molecule has 0 radical (unpaired) electrons. The Morgan fingerprint density at radius 3 is 2.39 bits per heavy atom. The van der Waals surface area contributed by atoms with Crippen LogP contribution in [-0.2, 0) is 24.4 Å². The first-order valence-electron chi connectivity index (χ1n) is 12.8. The molecule has 1 amide bonds. The molecule has 1 aliphatic rings. The fraction of sp³-hybridized carbons (Fsp3) is 0.379. The van der Waals surface area contributed by atoms with Gasteiger partial charge in [0.05, 0.1) is 6.04 Å². The van der Waals surface area contributed by atoms with Crippen molar-refractivity contribution in [3.05, 3.63) is 95.6 Å². The van der Waals surface area contributed by atoms with Gasteiger partial charge in [-0.25, -0.2) is 4.39 Å². The van der Waals surface area contributed by atoms with Gasteiger partial charge in [-0.3, -0.25) is 14.7 Å². The molecule has 0 aliphatic carbocycles. The SMILES string of the molecule is CCN(CC)c1ccc(CN2C[C@@H](NCc3ccc(F)cc3)C[C@H]2C(=O)NCc2cccnc2)cc1. The summed E-state index contributed by atoms with van der Waals surface area (Å²) in [5.74, 6) is -0.201. The summed E-state index contributed by atoms with van der Waals surface area (Å²) in [5, 5.41) is 6.67. The summed E-state index contributed by atoms with van der Waals surface area (Å²) in [6.07, 6.45) is 4.22. The minimum atomic E-state index is -0.233. The van der Waals surface area contributed by atoms with E-state index in [9.17, 15) is 9.18 Å². The maximum Gasteiger partial charge on any atom is 0.237 e. The fourth-order valence-electron chi connectivity index (χ4n) is 4.81. The molecule has 1 aromatic heterocycles. The number of carbonyl (C=O) groups excluding carboxylic acids is 1. The third-order valence-electron chi connectivity index (χ3n) is 6.85. The number of nitrogens with one attached hydrogen (secondary N) is 2. The van der Waals surface area contributed by atoms with Crippen LogP contribution in [0.25, 0.3) is 0 Å². The van der Waals surface area contributed by atoms with Crippen molar-refractivity contribution in [2.24, 2.45) is 0 Å². The van der Waals surface area contributed by atoms with Gasteiger partial charge in [-0.1, -0.05) is 30.3 Å². The third kappa shape index (κ3) is 6.89. The molecule has 0 spiro atoms. The molecule has 36 heavy (non-hydrogen) atoms. The van der Waals surface area contributed by atoms with E-state index in [1.807, 2.05) is 12.1 Å². The van der Waals surface area contributed by atoms with Crippen molar-refractivity contribution < 1.29 is 9.18 Å². The highest BCUT2D eigenvalue weighted by atomic mass is 19.1. The van der Waals surface area contributed by atoms with Crippen LogP contribution in [0.1, 0.15) is 37.0 Å². The Kier molecular flexibility index (Phi) is 9.03. The number of rotatable bonds is 11. The molecule has 4 rings (SSSR count). The van der Waals surface area contributed by atoms with Crippen LogP contribution >= 0.6 is 0 Å². The van der Waals surface area contributed by atoms with Crippen LogP contribution in [0, 0.1) is 5.82 Å². The van der Waals surface area contributed by atoms with E-state index in [0.29, 0.717) is 19.6 Å². The molecule has 1 saturated heterocycles. The Balaban J connectivity index is 1.42. The summed E-state index contributed by atoms with van der Waals surface area (Å²) in [6.45, 7) is 8.85. The van der Waals surface area contributed by atoms with Crippen LogP contribution in [0.2, 0.25) is 0 Å². The minimum Gasteiger partial charge on any atom is -0.372 e. The average molecular weight is 490 g/mol. The average Bonchev–Trinajstić information content (AvgIpc) is 3.32. The van der Waals surface area contributed by atoms with Crippen molar-refractivity contribution in [1.82, 2.24) is 20.5 Å². The Morgan fingerprint density at radius 2 is 1.72 bits per heavy atom. The van der Waals surface area contributed by atoms with Crippen molar-refractivity contribution in [1.29, 1.82) is 0 Å². The van der Waals surface area contributed by atoms with E-state index < -0.39 is 0 Å². The molecule has 6 nitrogen and oxygen atoms in total. The molecule has 190 valence electrons. The quantitative estimate of drug-likeness (QED) is 0.424. The van der Waals surface area contributed by atoms with Crippen LogP contribution in [0.15, 0.2) is 73.1 Å². The van der Waals surface area contributed by atoms with E-state index in [2.05, 4.69) is 63.5 Å². The fourth-order valence-corrected chi connectivity index (χ4v) is 4.81. The predicted molar refractivity (Wildman–Crippen MR) is 142 cm³/mol. The molecule has 0 bridgehead atoms. The highest BCUT2D eigenvalue weighted by Gasteiger charge is 2.36. The molecule has 0 unspecified atom stereocenters. The van der Waals surface area contributed by atoms with Gasteiger partial charge in [0.25, 0.3) is 0 Å². The second-order valence-corrected chi connectivity index (χ2v) is 9.30. The van der Waals surface area contributed by atoms with Crippen LogP contribution < -0.4 is 15.5 Å². The predicted octanol–water partition coefficient (Wildman–Crippen LogP) is 4.12. The van der Waals surface area contributed by atoms with E-state index in [1.165, 1.54) is 23.4 Å². The molecule has 2 atom stereocenters. The largest absolute Gasteiger partial charge is 0.372 e. The Bertz CT molecular complexity index is 1090. The van der Waals surface area contributed by atoms with Crippen LogP contribution in [0.3, 0.4) is 0 Å². The van der Waals surface area contributed by atoms with E-state index in [1.54, 1.807) is 24.5 Å². The molecule has 0 saturated carbocycles. The Labute approximate surface area is 213 Å². The smallest absolute Gasteiger partial charge is 0.237 e. The monoisotopic (exact) mass is 489 g/mol. The lowest BCUT2D eigenvalue weighted by Crippen LogP contribution is -2.42. The lowest BCUT2D eigenvalue weighted by Gasteiger charge is -2.25. The maximum absolute atomic E-state index is 13.3. The second kappa shape index (κ2) is 12.6. The summed E-state index contributed by atoms with van der Waals surface area (Å²) in [7, 11) is 0. The third-order valence-corrected chi connectivity index (χ3v) is 6.85. The zero-order valence-corrected chi connectivity index (χ0v) is 21.2. The highest BCUT2D eigenvalue weighted by Crippen LogP contribution is 2.23. The van der Waals surface area contributed by atoms with Crippen LogP contribution in [-0.4, -0.2) is 47.5 Å². The van der Waals surface area contributed by atoms with Gasteiger partial charge >= 0.3 is 0 Å². The second-order valence-electron chi connectivity index (χ2n) is 9.30. The lowest BCUT2D eigenvalue weighted by molar-refractivity contribution is -0.125. The van der Waals surface area contributed by atoms with Gasteiger partial charge < -0.3 is 15.5 Å². The summed E-state index contributed by atoms with van der Waals surface area (Å²) in [6, 6.07) is 19.0. The van der Waals surface area contributed by atoms with Crippen LogP contribution in [0.5, 0.6) is 0 Å². The van der Waals surface area contributed by atoms with Gasteiger partial charge in [0.15, 0.2) is 0 Å². The van der Waals surface area contributed by atoms with Crippen molar-refractivity contribution in [2.75, 3.05) is 24.5 Å². The summed E-state index contributed by atoms with van der Waals surface area (Å²) in [5.41, 5.74) is 4.41. The number of carbonyl (C=O) groups is 1. The maximum atomic E-state index is 13.3. The summed E-state index contributed by atoms with van der Waals surface area (Å²) >= 11 is 0. The number of nitrogens with zero attached hydrogens (tertiary/aromatic N) is 3. The first-order valence-corrected chi connectivity index (χ1v) is 12.8.